The zero-order valence-electron chi connectivity index (χ0n) is 11.0. The van der Waals surface area contributed by atoms with Crippen LogP contribution in [0.4, 0.5) is 5.00 Å². The van der Waals surface area contributed by atoms with Gasteiger partial charge in [-0.1, -0.05) is 28.9 Å². The number of benzene rings is 1. The number of hydrogen-bond acceptors (Lipinski definition) is 5. The maximum absolute atomic E-state index is 6.02. The molecular weight excluding hydrogens is 294 g/mol. The number of aryl methyl sites for hydroxylation is 1. The van der Waals surface area contributed by atoms with Crippen molar-refractivity contribution in [2.75, 3.05) is 5.73 Å². The molecule has 0 radical (unpaired) electrons. The van der Waals surface area contributed by atoms with Gasteiger partial charge in [0.2, 0.25) is 5.82 Å². The number of rotatable bonds is 2. The quantitative estimate of drug-likeness (QED) is 0.766. The lowest BCUT2D eigenvalue weighted by Gasteiger charge is -1.95. The Bertz CT molecular complexity index is 779. The Morgan fingerprint density at radius 1 is 1.30 bits per heavy atom. The third kappa shape index (κ3) is 2.19. The minimum atomic E-state index is 0.444. The molecule has 0 aliphatic carbocycles. The zero-order valence-corrected chi connectivity index (χ0v) is 12.5. The lowest BCUT2D eigenvalue weighted by molar-refractivity contribution is 0.432. The number of nitrogens with zero attached hydrogens (tertiary/aromatic N) is 2. The van der Waals surface area contributed by atoms with E-state index < -0.39 is 0 Å². The van der Waals surface area contributed by atoms with Crippen molar-refractivity contribution in [3.8, 4) is 22.8 Å². The van der Waals surface area contributed by atoms with Crippen molar-refractivity contribution in [1.82, 2.24) is 10.1 Å². The molecule has 3 rings (SSSR count). The van der Waals surface area contributed by atoms with Crippen LogP contribution < -0.4 is 5.73 Å². The Morgan fingerprint density at radius 2 is 2.10 bits per heavy atom. The SMILES string of the molecule is Cc1sc(N)c(-c2nc(-c3cccc(Cl)c3)no2)c1C. The molecule has 0 amide bonds. The highest BCUT2D eigenvalue weighted by Crippen LogP contribution is 2.37. The lowest BCUT2D eigenvalue weighted by atomic mass is 10.1. The van der Waals surface area contributed by atoms with Gasteiger partial charge < -0.3 is 10.3 Å². The van der Waals surface area contributed by atoms with E-state index in [1.807, 2.05) is 26.0 Å². The molecule has 2 heterocycles. The second-order valence-corrected chi connectivity index (χ2v) is 6.15. The minimum absolute atomic E-state index is 0.444. The van der Waals surface area contributed by atoms with Crippen molar-refractivity contribution in [3.05, 3.63) is 39.7 Å². The molecule has 0 fully saturated rings. The number of hydrogen-bond donors (Lipinski definition) is 1. The van der Waals surface area contributed by atoms with Crippen molar-refractivity contribution in [2.45, 2.75) is 13.8 Å². The summed E-state index contributed by atoms with van der Waals surface area (Å²) in [4.78, 5) is 5.57. The standard InChI is InChI=1S/C14H12ClN3OS/c1-7-8(2)20-12(16)11(7)14-17-13(18-19-14)9-4-3-5-10(15)6-9/h3-6H,16H2,1-2H3. The summed E-state index contributed by atoms with van der Waals surface area (Å²) in [5, 5.41) is 5.33. The first-order valence-corrected chi connectivity index (χ1v) is 7.21. The van der Waals surface area contributed by atoms with Crippen LogP contribution in [-0.2, 0) is 0 Å². The number of nitrogen functional groups attached to an aromatic ring is 1. The van der Waals surface area contributed by atoms with Crippen LogP contribution in [0.2, 0.25) is 5.02 Å². The molecule has 2 N–H and O–H groups in total. The summed E-state index contributed by atoms with van der Waals surface area (Å²) in [5.41, 5.74) is 8.74. The number of anilines is 1. The Kier molecular flexibility index (Phi) is 3.23. The first-order chi connectivity index (χ1) is 9.56. The van der Waals surface area contributed by atoms with Gasteiger partial charge in [-0.15, -0.1) is 11.3 Å². The van der Waals surface area contributed by atoms with Crippen LogP contribution in [0.15, 0.2) is 28.8 Å². The first kappa shape index (κ1) is 13.1. The maximum Gasteiger partial charge on any atom is 0.261 e. The molecule has 0 aliphatic rings. The second-order valence-electron chi connectivity index (χ2n) is 4.46. The van der Waals surface area contributed by atoms with Crippen LogP contribution in [0.1, 0.15) is 10.4 Å². The molecule has 0 saturated heterocycles. The van der Waals surface area contributed by atoms with Gasteiger partial charge in [0, 0.05) is 15.5 Å². The topological polar surface area (TPSA) is 64.9 Å². The predicted molar refractivity (Wildman–Crippen MR) is 81.9 cm³/mol. The van der Waals surface area contributed by atoms with Crippen LogP contribution in [0, 0.1) is 13.8 Å². The molecule has 0 bridgehead atoms. The molecule has 2 aromatic heterocycles. The second kappa shape index (κ2) is 4.92. The van der Waals surface area contributed by atoms with E-state index in [4.69, 9.17) is 21.9 Å². The summed E-state index contributed by atoms with van der Waals surface area (Å²) in [6.07, 6.45) is 0. The van der Waals surface area contributed by atoms with Gasteiger partial charge >= 0.3 is 0 Å². The van der Waals surface area contributed by atoms with Gasteiger partial charge in [0.25, 0.3) is 5.89 Å². The van der Waals surface area contributed by atoms with Gasteiger partial charge in [0.15, 0.2) is 0 Å². The van der Waals surface area contributed by atoms with Crippen LogP contribution in [0.3, 0.4) is 0 Å². The smallest absolute Gasteiger partial charge is 0.261 e. The molecule has 6 heteroatoms. The molecule has 0 atom stereocenters. The van der Waals surface area contributed by atoms with Gasteiger partial charge in [-0.25, -0.2) is 0 Å². The van der Waals surface area contributed by atoms with Crippen LogP contribution >= 0.6 is 22.9 Å². The van der Waals surface area contributed by atoms with E-state index in [0.29, 0.717) is 21.7 Å². The fraction of sp³-hybridized carbons (Fsp3) is 0.143. The average Bonchev–Trinajstić information content (AvgIpc) is 2.96. The molecule has 3 aromatic rings. The van der Waals surface area contributed by atoms with E-state index >= 15 is 0 Å². The molecule has 0 aliphatic heterocycles. The van der Waals surface area contributed by atoms with Crippen molar-refractivity contribution in [3.63, 3.8) is 0 Å². The summed E-state index contributed by atoms with van der Waals surface area (Å²) < 4.78 is 5.34. The molecule has 1 aromatic carbocycles. The van der Waals surface area contributed by atoms with Gasteiger partial charge in [0.05, 0.1) is 10.6 Å². The number of aromatic nitrogens is 2. The highest BCUT2D eigenvalue weighted by Gasteiger charge is 2.19. The van der Waals surface area contributed by atoms with Crippen molar-refractivity contribution >= 4 is 27.9 Å². The predicted octanol–water partition coefficient (Wildman–Crippen LogP) is 4.32. The fourth-order valence-corrected chi connectivity index (χ4v) is 3.11. The summed E-state index contributed by atoms with van der Waals surface area (Å²) in [6.45, 7) is 4.02. The lowest BCUT2D eigenvalue weighted by Crippen LogP contribution is -1.86. The van der Waals surface area contributed by atoms with Gasteiger partial charge in [0.1, 0.15) is 0 Å². The molecule has 102 valence electrons. The van der Waals surface area contributed by atoms with Gasteiger partial charge in [-0.05, 0) is 31.5 Å². The molecule has 0 unspecified atom stereocenters. The Hall–Kier alpha value is -1.85. The van der Waals surface area contributed by atoms with E-state index in [1.165, 1.54) is 11.3 Å². The zero-order chi connectivity index (χ0) is 14.3. The molecule has 20 heavy (non-hydrogen) atoms. The number of nitrogens with two attached hydrogens (primary N) is 1. The monoisotopic (exact) mass is 305 g/mol. The van der Waals surface area contributed by atoms with Gasteiger partial charge in [-0.2, -0.15) is 4.98 Å². The largest absolute Gasteiger partial charge is 0.390 e. The summed E-state index contributed by atoms with van der Waals surface area (Å²) in [5.74, 6) is 0.949. The number of halogens is 1. The van der Waals surface area contributed by atoms with E-state index in [2.05, 4.69) is 10.1 Å². The minimum Gasteiger partial charge on any atom is -0.390 e. The van der Waals surface area contributed by atoms with E-state index in [9.17, 15) is 0 Å². The number of thiophene rings is 1. The molecular formula is C14H12ClN3OS. The highest BCUT2D eigenvalue weighted by atomic mass is 35.5. The Labute approximate surface area is 125 Å². The summed E-state index contributed by atoms with van der Waals surface area (Å²) >= 11 is 7.49. The van der Waals surface area contributed by atoms with Crippen molar-refractivity contribution < 1.29 is 4.52 Å². The Morgan fingerprint density at radius 3 is 2.75 bits per heavy atom. The molecule has 0 spiro atoms. The van der Waals surface area contributed by atoms with Crippen molar-refractivity contribution in [2.24, 2.45) is 0 Å². The van der Waals surface area contributed by atoms with Crippen LogP contribution in [-0.4, -0.2) is 10.1 Å². The highest BCUT2D eigenvalue weighted by molar-refractivity contribution is 7.16. The van der Waals surface area contributed by atoms with E-state index in [1.54, 1.807) is 12.1 Å². The van der Waals surface area contributed by atoms with Crippen LogP contribution in [0.25, 0.3) is 22.8 Å². The normalized spacial score (nSPS) is 10.9. The summed E-state index contributed by atoms with van der Waals surface area (Å²) in [6, 6.07) is 7.33. The maximum atomic E-state index is 6.02. The molecule has 4 nitrogen and oxygen atoms in total. The fourth-order valence-electron chi connectivity index (χ4n) is 1.99. The average molecular weight is 306 g/mol. The van der Waals surface area contributed by atoms with Crippen molar-refractivity contribution in [1.29, 1.82) is 0 Å². The third-order valence-corrected chi connectivity index (χ3v) is 4.41. The van der Waals surface area contributed by atoms with Gasteiger partial charge in [-0.3, -0.25) is 0 Å². The summed E-state index contributed by atoms with van der Waals surface area (Å²) in [7, 11) is 0. The third-order valence-electron chi connectivity index (χ3n) is 3.14. The van der Waals surface area contributed by atoms with E-state index in [-0.39, 0.29) is 0 Å². The molecule has 0 saturated carbocycles. The van der Waals surface area contributed by atoms with E-state index in [0.717, 1.165) is 21.6 Å². The Balaban J connectivity index is 2.06. The van der Waals surface area contributed by atoms with Crippen LogP contribution in [0.5, 0.6) is 0 Å². The first-order valence-electron chi connectivity index (χ1n) is 6.01.